The minimum absolute atomic E-state index is 0.138. The maximum absolute atomic E-state index is 8.97. The summed E-state index contributed by atoms with van der Waals surface area (Å²) in [5, 5.41) is 13.4. The van der Waals surface area contributed by atoms with Gasteiger partial charge in [-0.25, -0.2) is 0 Å². The van der Waals surface area contributed by atoms with Gasteiger partial charge in [0.15, 0.2) is 5.76 Å². The minimum Gasteiger partial charge on any atom is -0.457 e. The van der Waals surface area contributed by atoms with Crippen molar-refractivity contribution in [3.05, 3.63) is 65.3 Å². The molecule has 0 spiro atoms. The van der Waals surface area contributed by atoms with Gasteiger partial charge in [0.05, 0.1) is 6.61 Å². The van der Waals surface area contributed by atoms with Crippen molar-refractivity contribution in [3.63, 3.8) is 0 Å². The zero-order valence-electron chi connectivity index (χ0n) is 11.0. The smallest absolute Gasteiger partial charge is 0.167 e. The fraction of sp³-hybridized carbons (Fsp3) is 0.0625. The summed E-state index contributed by atoms with van der Waals surface area (Å²) in [6.45, 7) is -0.138. The quantitative estimate of drug-likeness (QED) is 0.781. The van der Waals surface area contributed by atoms with E-state index in [1.165, 1.54) is 0 Å². The highest BCUT2D eigenvalue weighted by Crippen LogP contribution is 2.27. The molecule has 3 rings (SSSR count). The van der Waals surface area contributed by atoms with Crippen LogP contribution in [0.3, 0.4) is 0 Å². The zero-order valence-corrected chi connectivity index (χ0v) is 11.7. The number of hydrogen-bond acceptors (Lipinski definition) is 4. The molecular formula is C16H12ClNO3. The molecule has 0 bridgehead atoms. The number of ether oxygens (including phenoxy) is 1. The van der Waals surface area contributed by atoms with Crippen molar-refractivity contribution >= 4 is 11.6 Å². The molecule has 106 valence electrons. The predicted octanol–water partition coefficient (Wildman–Crippen LogP) is 4.28. The molecule has 0 aliphatic carbocycles. The number of aromatic nitrogens is 1. The van der Waals surface area contributed by atoms with Crippen molar-refractivity contribution in [3.8, 4) is 22.8 Å². The number of benzene rings is 2. The molecule has 1 heterocycles. The molecule has 0 unspecified atom stereocenters. The number of aliphatic hydroxyl groups is 1. The molecule has 2 aromatic carbocycles. The van der Waals surface area contributed by atoms with Crippen LogP contribution in [0.4, 0.5) is 0 Å². The topological polar surface area (TPSA) is 55.5 Å². The van der Waals surface area contributed by atoms with Crippen LogP contribution in [0.15, 0.2) is 59.1 Å². The van der Waals surface area contributed by atoms with E-state index in [9.17, 15) is 0 Å². The van der Waals surface area contributed by atoms with E-state index in [4.69, 9.17) is 26.0 Å². The lowest BCUT2D eigenvalue weighted by atomic mass is 10.1. The lowest BCUT2D eigenvalue weighted by Gasteiger charge is -2.06. The Balaban J connectivity index is 1.76. The van der Waals surface area contributed by atoms with Gasteiger partial charge in [-0.1, -0.05) is 16.8 Å². The van der Waals surface area contributed by atoms with E-state index < -0.39 is 0 Å². The Labute approximate surface area is 126 Å². The molecule has 0 radical (unpaired) electrons. The summed E-state index contributed by atoms with van der Waals surface area (Å²) < 4.78 is 10.9. The lowest BCUT2D eigenvalue weighted by Crippen LogP contribution is -1.83. The highest BCUT2D eigenvalue weighted by Gasteiger charge is 2.06. The van der Waals surface area contributed by atoms with E-state index >= 15 is 0 Å². The molecule has 1 N–H and O–H groups in total. The Morgan fingerprint density at radius 3 is 2.19 bits per heavy atom. The molecule has 0 aliphatic heterocycles. The van der Waals surface area contributed by atoms with Gasteiger partial charge in [-0.05, 0) is 48.5 Å². The fourth-order valence-corrected chi connectivity index (χ4v) is 1.97. The van der Waals surface area contributed by atoms with Gasteiger partial charge in [0.1, 0.15) is 17.2 Å². The van der Waals surface area contributed by atoms with Crippen molar-refractivity contribution in [1.29, 1.82) is 0 Å². The summed E-state index contributed by atoms with van der Waals surface area (Å²) >= 11 is 5.83. The average Bonchev–Trinajstić information content (AvgIpc) is 2.99. The number of aliphatic hydroxyl groups excluding tert-OH is 1. The number of nitrogens with zero attached hydrogens (tertiary/aromatic N) is 1. The van der Waals surface area contributed by atoms with E-state index in [1.54, 1.807) is 30.3 Å². The Hall–Kier alpha value is -2.30. The Bertz CT molecular complexity index is 720. The standard InChI is InChI=1S/C16H12ClNO3/c17-12-3-7-15(8-4-12)20-14-5-1-11(2-6-14)16-9-13(10-19)18-21-16/h1-9,19H,10H2. The van der Waals surface area contributed by atoms with Crippen molar-refractivity contribution in [1.82, 2.24) is 5.16 Å². The van der Waals surface area contributed by atoms with E-state index in [2.05, 4.69) is 5.16 Å². The largest absolute Gasteiger partial charge is 0.457 e. The van der Waals surface area contributed by atoms with Crippen LogP contribution in [0.5, 0.6) is 11.5 Å². The molecule has 5 heteroatoms. The first-order valence-electron chi connectivity index (χ1n) is 6.35. The van der Waals surface area contributed by atoms with Gasteiger partial charge in [0.2, 0.25) is 0 Å². The highest BCUT2D eigenvalue weighted by molar-refractivity contribution is 6.30. The van der Waals surface area contributed by atoms with Crippen LogP contribution in [-0.2, 0) is 6.61 Å². The van der Waals surface area contributed by atoms with Crippen LogP contribution >= 0.6 is 11.6 Å². The van der Waals surface area contributed by atoms with Gasteiger partial charge in [-0.2, -0.15) is 0 Å². The molecule has 1 aromatic heterocycles. The van der Waals surface area contributed by atoms with E-state index in [0.717, 1.165) is 11.3 Å². The molecule has 21 heavy (non-hydrogen) atoms. The third kappa shape index (κ3) is 3.24. The molecule has 0 amide bonds. The highest BCUT2D eigenvalue weighted by atomic mass is 35.5. The van der Waals surface area contributed by atoms with Gasteiger partial charge < -0.3 is 14.4 Å². The summed E-state index contributed by atoms with van der Waals surface area (Å²) in [6, 6.07) is 16.3. The Morgan fingerprint density at radius 2 is 1.62 bits per heavy atom. The van der Waals surface area contributed by atoms with Gasteiger partial charge in [0, 0.05) is 16.7 Å². The van der Waals surface area contributed by atoms with Gasteiger partial charge in [-0.3, -0.25) is 0 Å². The molecule has 0 atom stereocenters. The number of halogens is 1. The second-order valence-electron chi connectivity index (χ2n) is 4.42. The lowest BCUT2D eigenvalue weighted by molar-refractivity contribution is 0.267. The van der Waals surface area contributed by atoms with Crippen LogP contribution in [0.25, 0.3) is 11.3 Å². The monoisotopic (exact) mass is 301 g/mol. The first-order chi connectivity index (χ1) is 10.2. The van der Waals surface area contributed by atoms with Crippen LogP contribution in [0, 0.1) is 0 Å². The van der Waals surface area contributed by atoms with E-state index in [-0.39, 0.29) is 6.61 Å². The number of hydrogen-bond donors (Lipinski definition) is 1. The molecule has 0 saturated heterocycles. The summed E-state index contributed by atoms with van der Waals surface area (Å²) in [5.41, 5.74) is 1.37. The predicted molar refractivity (Wildman–Crippen MR) is 79.4 cm³/mol. The maximum atomic E-state index is 8.97. The van der Waals surface area contributed by atoms with Crippen LogP contribution in [0.2, 0.25) is 5.02 Å². The SMILES string of the molecule is OCc1cc(-c2ccc(Oc3ccc(Cl)cc3)cc2)on1. The minimum atomic E-state index is -0.138. The van der Waals surface area contributed by atoms with Crippen molar-refractivity contribution in [2.45, 2.75) is 6.61 Å². The molecular weight excluding hydrogens is 290 g/mol. The summed E-state index contributed by atoms with van der Waals surface area (Å²) in [6.07, 6.45) is 0. The third-order valence-corrected chi connectivity index (χ3v) is 3.16. The third-order valence-electron chi connectivity index (χ3n) is 2.91. The van der Waals surface area contributed by atoms with Gasteiger partial charge in [-0.15, -0.1) is 0 Å². The molecule has 0 aliphatic rings. The van der Waals surface area contributed by atoms with Gasteiger partial charge in [0.25, 0.3) is 0 Å². The van der Waals surface area contributed by atoms with Crippen molar-refractivity contribution in [2.75, 3.05) is 0 Å². The second-order valence-corrected chi connectivity index (χ2v) is 4.86. The summed E-state index contributed by atoms with van der Waals surface area (Å²) in [5.74, 6) is 2.04. The first-order valence-corrected chi connectivity index (χ1v) is 6.73. The van der Waals surface area contributed by atoms with E-state index in [0.29, 0.717) is 22.2 Å². The molecule has 4 nitrogen and oxygen atoms in total. The van der Waals surface area contributed by atoms with Crippen LogP contribution < -0.4 is 4.74 Å². The van der Waals surface area contributed by atoms with E-state index in [1.807, 2.05) is 24.3 Å². The molecule has 0 saturated carbocycles. The van der Waals surface area contributed by atoms with Crippen LogP contribution in [-0.4, -0.2) is 10.3 Å². The summed E-state index contributed by atoms with van der Waals surface area (Å²) in [7, 11) is 0. The van der Waals surface area contributed by atoms with Crippen LogP contribution in [0.1, 0.15) is 5.69 Å². The Kier molecular flexibility index (Phi) is 3.90. The first kappa shape index (κ1) is 13.7. The fourth-order valence-electron chi connectivity index (χ4n) is 1.85. The maximum Gasteiger partial charge on any atom is 0.167 e. The van der Waals surface area contributed by atoms with Crippen molar-refractivity contribution < 1.29 is 14.4 Å². The second kappa shape index (κ2) is 5.99. The van der Waals surface area contributed by atoms with Gasteiger partial charge >= 0.3 is 0 Å². The molecule has 3 aromatic rings. The Morgan fingerprint density at radius 1 is 1.00 bits per heavy atom. The molecule has 0 fully saturated rings. The zero-order chi connectivity index (χ0) is 14.7. The normalized spacial score (nSPS) is 10.6. The van der Waals surface area contributed by atoms with Crippen molar-refractivity contribution in [2.24, 2.45) is 0 Å². The number of rotatable bonds is 4. The summed E-state index contributed by atoms with van der Waals surface area (Å²) in [4.78, 5) is 0. The average molecular weight is 302 g/mol.